The number of nitrogens with zero attached hydrogens (tertiary/aromatic N) is 2. The molecule has 2 rings (SSSR count). The van der Waals surface area contributed by atoms with Gasteiger partial charge in [-0.3, -0.25) is 9.48 Å². The Morgan fingerprint density at radius 3 is 2.70 bits per heavy atom. The van der Waals surface area contributed by atoms with Crippen LogP contribution in [0.3, 0.4) is 0 Å². The van der Waals surface area contributed by atoms with Crippen LogP contribution in [-0.2, 0) is 13.0 Å². The molecule has 0 bridgehead atoms. The lowest BCUT2D eigenvalue weighted by Crippen LogP contribution is -2.11. The first-order valence-electron chi connectivity index (χ1n) is 6.45. The zero-order valence-corrected chi connectivity index (χ0v) is 14.0. The molecule has 0 N–H and O–H groups in total. The molecule has 20 heavy (non-hydrogen) atoms. The van der Waals surface area contributed by atoms with E-state index in [1.807, 2.05) is 31.5 Å². The molecule has 0 aliphatic carbocycles. The Bertz CT molecular complexity index is 664. The highest BCUT2D eigenvalue weighted by Gasteiger charge is 2.17. The van der Waals surface area contributed by atoms with E-state index in [0.29, 0.717) is 17.0 Å². The van der Waals surface area contributed by atoms with Crippen molar-refractivity contribution in [1.82, 2.24) is 9.78 Å². The minimum atomic E-state index is 0.0782. The SMILES string of the molecule is CCn1nc(C)c(Br)c1CC(=O)c1ccc(Cl)cc1C. The molecule has 3 nitrogen and oxygen atoms in total. The number of ketones is 1. The summed E-state index contributed by atoms with van der Waals surface area (Å²) >= 11 is 9.44. The lowest BCUT2D eigenvalue weighted by atomic mass is 10.0. The first kappa shape index (κ1) is 15.3. The molecule has 1 aromatic carbocycles. The van der Waals surface area contributed by atoms with Crippen LogP contribution in [0.15, 0.2) is 22.7 Å². The molecular weight excluding hydrogens is 340 g/mol. The normalized spacial score (nSPS) is 10.8. The standard InChI is InChI=1S/C15H16BrClN2O/c1-4-19-13(15(16)10(3)18-19)8-14(20)12-6-5-11(17)7-9(12)2/h5-7H,4,8H2,1-3H3. The molecule has 1 aromatic heterocycles. The molecule has 5 heteroatoms. The molecule has 0 fully saturated rings. The van der Waals surface area contributed by atoms with Crippen LogP contribution in [0.25, 0.3) is 0 Å². The number of carbonyl (C=O) groups is 1. The lowest BCUT2D eigenvalue weighted by molar-refractivity contribution is 0.0990. The first-order chi connectivity index (χ1) is 9.43. The zero-order valence-electron chi connectivity index (χ0n) is 11.7. The molecule has 0 saturated carbocycles. The van der Waals surface area contributed by atoms with Crippen LogP contribution < -0.4 is 0 Å². The quantitative estimate of drug-likeness (QED) is 0.764. The maximum absolute atomic E-state index is 12.5. The molecule has 0 atom stereocenters. The summed E-state index contributed by atoms with van der Waals surface area (Å²) in [6.45, 7) is 6.59. The first-order valence-corrected chi connectivity index (χ1v) is 7.62. The number of rotatable bonds is 4. The van der Waals surface area contributed by atoms with E-state index in [-0.39, 0.29) is 5.78 Å². The monoisotopic (exact) mass is 354 g/mol. The van der Waals surface area contributed by atoms with Crippen LogP contribution in [0.4, 0.5) is 0 Å². The van der Waals surface area contributed by atoms with E-state index < -0.39 is 0 Å². The Kier molecular flexibility index (Phi) is 4.66. The van der Waals surface area contributed by atoms with Gasteiger partial charge < -0.3 is 0 Å². The summed E-state index contributed by atoms with van der Waals surface area (Å²) in [5, 5.41) is 5.06. The van der Waals surface area contributed by atoms with E-state index in [1.165, 1.54) is 0 Å². The number of aryl methyl sites for hydroxylation is 3. The maximum Gasteiger partial charge on any atom is 0.169 e. The minimum Gasteiger partial charge on any atom is -0.294 e. The maximum atomic E-state index is 12.5. The van der Waals surface area contributed by atoms with Gasteiger partial charge in [0.15, 0.2) is 5.78 Å². The van der Waals surface area contributed by atoms with Crippen LogP contribution in [-0.4, -0.2) is 15.6 Å². The fourth-order valence-electron chi connectivity index (χ4n) is 2.23. The third kappa shape index (κ3) is 2.96. The van der Waals surface area contributed by atoms with E-state index in [2.05, 4.69) is 21.0 Å². The predicted molar refractivity (Wildman–Crippen MR) is 84.6 cm³/mol. The number of Topliss-reactive ketones (excluding diaryl/α,β-unsaturated/α-hetero) is 1. The molecule has 0 unspecified atom stereocenters. The Morgan fingerprint density at radius 2 is 2.10 bits per heavy atom. The highest BCUT2D eigenvalue weighted by Crippen LogP contribution is 2.24. The van der Waals surface area contributed by atoms with Gasteiger partial charge >= 0.3 is 0 Å². The van der Waals surface area contributed by atoms with Crippen molar-refractivity contribution in [3.05, 3.63) is 50.2 Å². The van der Waals surface area contributed by atoms with Gasteiger partial charge in [0.2, 0.25) is 0 Å². The van der Waals surface area contributed by atoms with E-state index in [1.54, 1.807) is 12.1 Å². The molecule has 106 valence electrons. The number of halogens is 2. The topological polar surface area (TPSA) is 34.9 Å². The van der Waals surface area contributed by atoms with Gasteiger partial charge in [-0.1, -0.05) is 11.6 Å². The van der Waals surface area contributed by atoms with Crippen LogP contribution in [0.1, 0.15) is 34.2 Å². The summed E-state index contributed by atoms with van der Waals surface area (Å²) in [6, 6.07) is 5.35. The largest absolute Gasteiger partial charge is 0.294 e. The van der Waals surface area contributed by atoms with Crippen molar-refractivity contribution in [1.29, 1.82) is 0 Å². The average Bonchev–Trinajstić information content (AvgIpc) is 2.66. The van der Waals surface area contributed by atoms with E-state index in [0.717, 1.165) is 28.0 Å². The van der Waals surface area contributed by atoms with Crippen molar-refractivity contribution >= 4 is 33.3 Å². The number of hydrogen-bond donors (Lipinski definition) is 0. The van der Waals surface area contributed by atoms with Gasteiger partial charge in [0.1, 0.15) is 0 Å². The van der Waals surface area contributed by atoms with Crippen LogP contribution in [0.2, 0.25) is 5.02 Å². The number of hydrogen-bond acceptors (Lipinski definition) is 2. The summed E-state index contributed by atoms with van der Waals surface area (Å²) in [7, 11) is 0. The number of carbonyl (C=O) groups excluding carboxylic acids is 1. The van der Waals surface area contributed by atoms with Gasteiger partial charge in [0, 0.05) is 17.1 Å². The smallest absolute Gasteiger partial charge is 0.169 e. The van der Waals surface area contributed by atoms with Gasteiger partial charge in [-0.2, -0.15) is 5.10 Å². The third-order valence-electron chi connectivity index (χ3n) is 3.27. The van der Waals surface area contributed by atoms with Crippen molar-refractivity contribution in [2.45, 2.75) is 33.7 Å². The van der Waals surface area contributed by atoms with Gasteiger partial charge in [0.05, 0.1) is 22.3 Å². The van der Waals surface area contributed by atoms with Crippen LogP contribution in [0.5, 0.6) is 0 Å². The number of aromatic nitrogens is 2. The van der Waals surface area contributed by atoms with Gasteiger partial charge in [0.25, 0.3) is 0 Å². The molecule has 2 aromatic rings. The van der Waals surface area contributed by atoms with Crippen LogP contribution >= 0.6 is 27.5 Å². The van der Waals surface area contributed by atoms with E-state index in [4.69, 9.17) is 11.6 Å². The zero-order chi connectivity index (χ0) is 14.9. The molecule has 0 radical (unpaired) electrons. The predicted octanol–water partition coefficient (Wildman–Crippen LogP) is 4.36. The molecule has 0 spiro atoms. The molecule has 0 aliphatic heterocycles. The summed E-state index contributed by atoms with van der Waals surface area (Å²) in [5.74, 6) is 0.0782. The number of benzene rings is 1. The Labute approximate surface area is 132 Å². The minimum absolute atomic E-state index is 0.0782. The summed E-state index contributed by atoms with van der Waals surface area (Å²) < 4.78 is 2.78. The van der Waals surface area contributed by atoms with Crippen molar-refractivity contribution < 1.29 is 4.79 Å². The summed E-state index contributed by atoms with van der Waals surface area (Å²) in [6.07, 6.45) is 0.331. The second-order valence-electron chi connectivity index (χ2n) is 4.72. The second-order valence-corrected chi connectivity index (χ2v) is 5.95. The average molecular weight is 356 g/mol. The highest BCUT2D eigenvalue weighted by molar-refractivity contribution is 9.10. The summed E-state index contributed by atoms with van der Waals surface area (Å²) in [5.41, 5.74) is 3.44. The van der Waals surface area contributed by atoms with Crippen molar-refractivity contribution in [3.63, 3.8) is 0 Å². The van der Waals surface area contributed by atoms with E-state index in [9.17, 15) is 4.79 Å². The van der Waals surface area contributed by atoms with Crippen molar-refractivity contribution in [2.75, 3.05) is 0 Å². The summed E-state index contributed by atoms with van der Waals surface area (Å²) in [4.78, 5) is 12.5. The van der Waals surface area contributed by atoms with Crippen molar-refractivity contribution in [3.8, 4) is 0 Å². The Hall–Kier alpha value is -1.13. The fraction of sp³-hybridized carbons (Fsp3) is 0.333. The highest BCUT2D eigenvalue weighted by atomic mass is 79.9. The fourth-order valence-corrected chi connectivity index (χ4v) is 2.88. The van der Waals surface area contributed by atoms with Gasteiger partial charge in [-0.15, -0.1) is 0 Å². The molecule has 1 heterocycles. The van der Waals surface area contributed by atoms with Crippen LogP contribution in [0, 0.1) is 13.8 Å². The Morgan fingerprint density at radius 1 is 1.40 bits per heavy atom. The van der Waals surface area contributed by atoms with Gasteiger partial charge in [-0.25, -0.2) is 0 Å². The lowest BCUT2D eigenvalue weighted by Gasteiger charge is -2.07. The second kappa shape index (κ2) is 6.10. The van der Waals surface area contributed by atoms with E-state index >= 15 is 0 Å². The Balaban J connectivity index is 2.32. The third-order valence-corrected chi connectivity index (χ3v) is 4.54. The van der Waals surface area contributed by atoms with Crippen molar-refractivity contribution in [2.24, 2.45) is 0 Å². The molecular formula is C15H16BrClN2O. The molecule has 0 saturated heterocycles. The van der Waals surface area contributed by atoms with Gasteiger partial charge in [-0.05, 0) is 60.5 Å². The molecule has 0 aliphatic rings. The molecule has 0 amide bonds.